The summed E-state index contributed by atoms with van der Waals surface area (Å²) in [4.78, 5) is 0. The zero-order valence-electron chi connectivity index (χ0n) is 9.16. The van der Waals surface area contributed by atoms with Crippen molar-refractivity contribution < 1.29 is 9.47 Å². The van der Waals surface area contributed by atoms with Gasteiger partial charge in [0.1, 0.15) is 13.2 Å². The van der Waals surface area contributed by atoms with Crippen molar-refractivity contribution in [1.29, 1.82) is 0 Å². The summed E-state index contributed by atoms with van der Waals surface area (Å²) in [5.74, 6) is 1.74. The summed E-state index contributed by atoms with van der Waals surface area (Å²) in [6, 6.07) is 6.21. The standard InChI is InChI=1S/C13H15NO2/c1-2-12-13(16-8-7-15-12)9-11(1)10-3-5-14-6-4-10/h1-3,9,14H,4-8H2. The Balaban J connectivity index is 1.93. The fourth-order valence-corrected chi connectivity index (χ4v) is 2.13. The molecule has 3 rings (SSSR count). The number of benzene rings is 1. The normalized spacial score (nSPS) is 19.1. The molecule has 0 atom stereocenters. The lowest BCUT2D eigenvalue weighted by atomic mass is 10.00. The molecule has 84 valence electrons. The average Bonchev–Trinajstić information content (AvgIpc) is 2.39. The maximum absolute atomic E-state index is 5.59. The van der Waals surface area contributed by atoms with Crippen LogP contribution in [0.5, 0.6) is 11.5 Å². The van der Waals surface area contributed by atoms with E-state index in [4.69, 9.17) is 9.47 Å². The first-order valence-corrected chi connectivity index (χ1v) is 5.73. The summed E-state index contributed by atoms with van der Waals surface area (Å²) in [6.45, 7) is 3.32. The van der Waals surface area contributed by atoms with Crippen LogP contribution in [0.4, 0.5) is 0 Å². The van der Waals surface area contributed by atoms with Crippen LogP contribution in [-0.4, -0.2) is 26.3 Å². The molecule has 0 spiro atoms. The molecule has 16 heavy (non-hydrogen) atoms. The molecule has 0 saturated heterocycles. The molecule has 1 N–H and O–H groups in total. The lowest BCUT2D eigenvalue weighted by Gasteiger charge is -2.20. The fourth-order valence-electron chi connectivity index (χ4n) is 2.13. The van der Waals surface area contributed by atoms with Crippen molar-refractivity contribution in [2.24, 2.45) is 0 Å². The van der Waals surface area contributed by atoms with Gasteiger partial charge in [0.05, 0.1) is 0 Å². The summed E-state index contributed by atoms with van der Waals surface area (Å²) in [7, 11) is 0. The number of ether oxygens (including phenoxy) is 2. The maximum atomic E-state index is 5.59. The molecule has 2 aliphatic rings. The second-order valence-corrected chi connectivity index (χ2v) is 4.04. The molecular weight excluding hydrogens is 202 g/mol. The summed E-state index contributed by atoms with van der Waals surface area (Å²) in [5, 5.41) is 3.31. The molecule has 0 fully saturated rings. The zero-order valence-corrected chi connectivity index (χ0v) is 9.16. The van der Waals surface area contributed by atoms with E-state index in [1.165, 1.54) is 11.1 Å². The van der Waals surface area contributed by atoms with E-state index in [1.54, 1.807) is 0 Å². The topological polar surface area (TPSA) is 30.5 Å². The van der Waals surface area contributed by atoms with Crippen LogP contribution >= 0.6 is 0 Å². The first-order chi connectivity index (χ1) is 7.93. The Bertz CT molecular complexity index is 426. The van der Waals surface area contributed by atoms with Gasteiger partial charge in [0.25, 0.3) is 0 Å². The number of rotatable bonds is 1. The Morgan fingerprint density at radius 2 is 1.94 bits per heavy atom. The van der Waals surface area contributed by atoms with E-state index in [0.29, 0.717) is 13.2 Å². The predicted molar refractivity (Wildman–Crippen MR) is 62.9 cm³/mol. The van der Waals surface area contributed by atoms with Crippen LogP contribution in [0.2, 0.25) is 0 Å². The third-order valence-electron chi connectivity index (χ3n) is 2.98. The van der Waals surface area contributed by atoms with Crippen molar-refractivity contribution >= 4 is 5.57 Å². The highest BCUT2D eigenvalue weighted by atomic mass is 16.6. The van der Waals surface area contributed by atoms with E-state index in [1.807, 2.05) is 6.07 Å². The molecule has 0 bridgehead atoms. The first kappa shape index (κ1) is 9.73. The van der Waals surface area contributed by atoms with Crippen LogP contribution in [0.25, 0.3) is 5.57 Å². The SMILES string of the molecule is C1=C(c2ccc3c(c2)OCCO3)CCNC1. The number of fused-ring (bicyclic) bond motifs is 1. The average molecular weight is 217 g/mol. The van der Waals surface area contributed by atoms with Crippen molar-refractivity contribution in [3.05, 3.63) is 29.8 Å². The first-order valence-electron chi connectivity index (χ1n) is 5.73. The van der Waals surface area contributed by atoms with Gasteiger partial charge in [-0.15, -0.1) is 0 Å². The summed E-state index contributed by atoms with van der Waals surface area (Å²) >= 11 is 0. The molecule has 2 aliphatic heterocycles. The molecule has 1 aromatic carbocycles. The summed E-state index contributed by atoms with van der Waals surface area (Å²) < 4.78 is 11.1. The minimum Gasteiger partial charge on any atom is -0.486 e. The molecule has 2 heterocycles. The molecule has 0 aromatic heterocycles. The van der Waals surface area contributed by atoms with Crippen LogP contribution in [0.15, 0.2) is 24.3 Å². The number of hydrogen-bond acceptors (Lipinski definition) is 3. The second kappa shape index (κ2) is 4.18. The zero-order chi connectivity index (χ0) is 10.8. The van der Waals surface area contributed by atoms with E-state index in [2.05, 4.69) is 23.5 Å². The van der Waals surface area contributed by atoms with E-state index in [0.717, 1.165) is 31.0 Å². The molecule has 0 radical (unpaired) electrons. The Hall–Kier alpha value is -1.48. The van der Waals surface area contributed by atoms with Gasteiger partial charge >= 0.3 is 0 Å². The van der Waals surface area contributed by atoms with Gasteiger partial charge in [-0.3, -0.25) is 0 Å². The monoisotopic (exact) mass is 217 g/mol. The van der Waals surface area contributed by atoms with Crippen LogP contribution in [0.3, 0.4) is 0 Å². The number of hydrogen-bond donors (Lipinski definition) is 1. The number of nitrogens with one attached hydrogen (secondary N) is 1. The highest BCUT2D eigenvalue weighted by Crippen LogP contribution is 2.33. The van der Waals surface area contributed by atoms with Gasteiger partial charge in [0.15, 0.2) is 11.5 Å². The van der Waals surface area contributed by atoms with Crippen molar-refractivity contribution in [2.45, 2.75) is 6.42 Å². The maximum Gasteiger partial charge on any atom is 0.161 e. The summed E-state index contributed by atoms with van der Waals surface area (Å²) in [6.07, 6.45) is 3.33. The van der Waals surface area contributed by atoms with E-state index in [-0.39, 0.29) is 0 Å². The fraction of sp³-hybridized carbons (Fsp3) is 0.385. The van der Waals surface area contributed by atoms with Crippen LogP contribution in [0, 0.1) is 0 Å². The van der Waals surface area contributed by atoms with Crippen LogP contribution < -0.4 is 14.8 Å². The second-order valence-electron chi connectivity index (χ2n) is 4.04. The molecule has 3 heteroatoms. The third kappa shape index (κ3) is 1.78. The molecule has 1 aromatic rings. The Labute approximate surface area is 95.1 Å². The van der Waals surface area contributed by atoms with Crippen molar-refractivity contribution in [3.8, 4) is 11.5 Å². The minimum atomic E-state index is 0.650. The predicted octanol–water partition coefficient (Wildman–Crippen LogP) is 1.83. The highest BCUT2D eigenvalue weighted by Gasteiger charge is 2.13. The molecule has 0 unspecified atom stereocenters. The Kier molecular flexibility index (Phi) is 2.54. The van der Waals surface area contributed by atoms with E-state index < -0.39 is 0 Å². The van der Waals surface area contributed by atoms with Gasteiger partial charge in [-0.25, -0.2) is 0 Å². The quantitative estimate of drug-likeness (QED) is 0.778. The lowest BCUT2D eigenvalue weighted by molar-refractivity contribution is 0.171. The van der Waals surface area contributed by atoms with E-state index in [9.17, 15) is 0 Å². The largest absolute Gasteiger partial charge is 0.486 e. The van der Waals surface area contributed by atoms with Crippen molar-refractivity contribution in [1.82, 2.24) is 5.32 Å². The summed E-state index contributed by atoms with van der Waals surface area (Å²) in [5.41, 5.74) is 2.65. The smallest absolute Gasteiger partial charge is 0.161 e. The molecule has 3 nitrogen and oxygen atoms in total. The molecular formula is C13H15NO2. The molecule has 0 saturated carbocycles. The minimum absolute atomic E-state index is 0.650. The van der Waals surface area contributed by atoms with Gasteiger partial charge < -0.3 is 14.8 Å². The molecule has 0 amide bonds. The lowest BCUT2D eigenvalue weighted by Crippen LogP contribution is -2.20. The van der Waals surface area contributed by atoms with Gasteiger partial charge in [0.2, 0.25) is 0 Å². The molecule has 0 aliphatic carbocycles. The van der Waals surface area contributed by atoms with Gasteiger partial charge in [-0.2, -0.15) is 0 Å². The van der Waals surface area contributed by atoms with Crippen LogP contribution in [-0.2, 0) is 0 Å². The Morgan fingerprint density at radius 1 is 1.06 bits per heavy atom. The van der Waals surface area contributed by atoms with Crippen LogP contribution in [0.1, 0.15) is 12.0 Å². The van der Waals surface area contributed by atoms with E-state index >= 15 is 0 Å². The van der Waals surface area contributed by atoms with Crippen molar-refractivity contribution in [2.75, 3.05) is 26.3 Å². The van der Waals surface area contributed by atoms with Gasteiger partial charge in [-0.1, -0.05) is 12.1 Å². The Morgan fingerprint density at radius 3 is 2.75 bits per heavy atom. The third-order valence-corrected chi connectivity index (χ3v) is 2.98. The van der Waals surface area contributed by atoms with Gasteiger partial charge in [-0.05, 0) is 36.2 Å². The van der Waals surface area contributed by atoms with Crippen molar-refractivity contribution in [3.63, 3.8) is 0 Å². The highest BCUT2D eigenvalue weighted by molar-refractivity contribution is 5.69. The van der Waals surface area contributed by atoms with Gasteiger partial charge in [0, 0.05) is 6.54 Å².